The van der Waals surface area contributed by atoms with E-state index in [4.69, 9.17) is 4.74 Å². The minimum Gasteiger partial charge on any atom is -0.370 e. The Labute approximate surface area is 122 Å². The fraction of sp³-hybridized carbons (Fsp3) is 0.667. The zero-order valence-corrected chi connectivity index (χ0v) is 12.8. The molecule has 1 saturated heterocycles. The number of aryl methyl sites for hydroxylation is 1. The van der Waals surface area contributed by atoms with E-state index in [0.29, 0.717) is 12.1 Å². The zero-order valence-electron chi connectivity index (χ0n) is 12.8. The molecule has 1 aliphatic heterocycles. The van der Waals surface area contributed by atoms with Crippen molar-refractivity contribution in [3.8, 4) is 0 Å². The van der Waals surface area contributed by atoms with Crippen molar-refractivity contribution in [1.29, 1.82) is 0 Å². The van der Waals surface area contributed by atoms with Gasteiger partial charge in [0.15, 0.2) is 0 Å². The molecule has 0 aromatic heterocycles. The molecule has 0 bridgehead atoms. The van der Waals surface area contributed by atoms with Gasteiger partial charge in [-0.1, -0.05) is 37.1 Å². The summed E-state index contributed by atoms with van der Waals surface area (Å²) in [6.45, 7) is 5.42. The Morgan fingerprint density at radius 2 is 2.00 bits per heavy atom. The van der Waals surface area contributed by atoms with Gasteiger partial charge in [0.25, 0.3) is 0 Å². The van der Waals surface area contributed by atoms with Crippen molar-refractivity contribution in [2.75, 3.05) is 6.54 Å². The molecule has 1 aliphatic carbocycles. The van der Waals surface area contributed by atoms with Crippen LogP contribution in [0, 0.1) is 6.92 Å². The Morgan fingerprint density at radius 1 is 1.25 bits per heavy atom. The van der Waals surface area contributed by atoms with Crippen molar-refractivity contribution in [2.45, 2.75) is 70.1 Å². The molecule has 2 heteroatoms. The average molecular weight is 273 g/mol. The summed E-state index contributed by atoms with van der Waals surface area (Å²) in [4.78, 5) is 0. The molecule has 1 heterocycles. The van der Waals surface area contributed by atoms with Crippen molar-refractivity contribution in [3.05, 3.63) is 35.4 Å². The van der Waals surface area contributed by atoms with Crippen molar-refractivity contribution in [2.24, 2.45) is 0 Å². The van der Waals surface area contributed by atoms with Crippen molar-refractivity contribution in [3.63, 3.8) is 0 Å². The van der Waals surface area contributed by atoms with Crippen molar-refractivity contribution >= 4 is 0 Å². The molecule has 1 saturated carbocycles. The van der Waals surface area contributed by atoms with Gasteiger partial charge in [-0.05, 0) is 50.7 Å². The normalized spacial score (nSPS) is 26.2. The summed E-state index contributed by atoms with van der Waals surface area (Å²) in [5.74, 6) is 0. The monoisotopic (exact) mass is 273 g/mol. The predicted molar refractivity (Wildman–Crippen MR) is 82.9 cm³/mol. The van der Waals surface area contributed by atoms with Crippen LogP contribution in [0.25, 0.3) is 0 Å². The number of rotatable bonds is 4. The first kappa shape index (κ1) is 14.1. The lowest BCUT2D eigenvalue weighted by atomic mass is 9.98. The minimum atomic E-state index is 0.262. The summed E-state index contributed by atoms with van der Waals surface area (Å²) in [5, 5.41) is 3.66. The number of ether oxygens (including phenoxy) is 1. The van der Waals surface area contributed by atoms with Gasteiger partial charge in [0.05, 0.1) is 11.7 Å². The van der Waals surface area contributed by atoms with E-state index < -0.39 is 0 Å². The minimum absolute atomic E-state index is 0.262. The molecule has 110 valence electrons. The number of hydrogen-bond donors (Lipinski definition) is 1. The van der Waals surface area contributed by atoms with Crippen LogP contribution in [0.3, 0.4) is 0 Å². The Kier molecular flexibility index (Phi) is 4.13. The number of benzene rings is 1. The quantitative estimate of drug-likeness (QED) is 0.890. The van der Waals surface area contributed by atoms with E-state index in [2.05, 4.69) is 43.4 Å². The molecule has 0 radical (unpaired) electrons. The van der Waals surface area contributed by atoms with E-state index in [9.17, 15) is 0 Å². The highest BCUT2D eigenvalue weighted by molar-refractivity contribution is 5.28. The molecule has 1 spiro atoms. The maximum absolute atomic E-state index is 6.36. The first-order valence-corrected chi connectivity index (χ1v) is 8.15. The highest BCUT2D eigenvalue weighted by atomic mass is 16.5. The van der Waals surface area contributed by atoms with Crippen LogP contribution in [0.4, 0.5) is 0 Å². The van der Waals surface area contributed by atoms with Gasteiger partial charge >= 0.3 is 0 Å². The van der Waals surface area contributed by atoms with Gasteiger partial charge in [-0.25, -0.2) is 0 Å². The van der Waals surface area contributed by atoms with Gasteiger partial charge in [-0.3, -0.25) is 0 Å². The molecule has 20 heavy (non-hydrogen) atoms. The first-order chi connectivity index (χ1) is 9.69. The lowest BCUT2D eigenvalue weighted by Crippen LogP contribution is -2.32. The maximum atomic E-state index is 6.36. The Hall–Kier alpha value is -0.860. The summed E-state index contributed by atoms with van der Waals surface area (Å²) >= 11 is 0. The largest absolute Gasteiger partial charge is 0.370 e. The third-order valence-corrected chi connectivity index (χ3v) is 5.16. The highest BCUT2D eigenvalue weighted by Gasteiger charge is 2.41. The molecule has 1 aromatic carbocycles. The van der Waals surface area contributed by atoms with E-state index >= 15 is 0 Å². The molecule has 2 fully saturated rings. The summed E-state index contributed by atoms with van der Waals surface area (Å²) in [6, 6.07) is 9.05. The molecule has 3 rings (SSSR count). The summed E-state index contributed by atoms with van der Waals surface area (Å²) in [5.41, 5.74) is 3.03. The molecule has 2 aliphatic rings. The van der Waals surface area contributed by atoms with E-state index in [-0.39, 0.29) is 5.60 Å². The fourth-order valence-corrected chi connectivity index (χ4v) is 3.92. The topological polar surface area (TPSA) is 21.3 Å². The van der Waals surface area contributed by atoms with Crippen LogP contribution >= 0.6 is 0 Å². The molecule has 1 aromatic rings. The smallest absolute Gasteiger partial charge is 0.0708 e. The Balaban J connectivity index is 1.52. The molecule has 2 atom stereocenters. The van der Waals surface area contributed by atoms with Gasteiger partial charge in [0.1, 0.15) is 0 Å². The van der Waals surface area contributed by atoms with Gasteiger partial charge in [0.2, 0.25) is 0 Å². The lowest BCUT2D eigenvalue weighted by Gasteiger charge is -2.25. The summed E-state index contributed by atoms with van der Waals surface area (Å²) in [7, 11) is 0. The maximum Gasteiger partial charge on any atom is 0.0708 e. The first-order valence-electron chi connectivity index (χ1n) is 8.15. The zero-order chi connectivity index (χ0) is 14.0. The Morgan fingerprint density at radius 3 is 2.75 bits per heavy atom. The second-order valence-electron chi connectivity index (χ2n) is 6.66. The molecular formula is C18H27NO. The van der Waals surface area contributed by atoms with Crippen LogP contribution in [0.15, 0.2) is 24.3 Å². The highest BCUT2D eigenvalue weighted by Crippen LogP contribution is 2.43. The van der Waals surface area contributed by atoms with E-state index in [1.807, 2.05) is 0 Å². The van der Waals surface area contributed by atoms with E-state index in [1.54, 1.807) is 0 Å². The average Bonchev–Trinajstić information content (AvgIpc) is 3.07. The molecule has 1 unspecified atom stereocenters. The molecule has 0 amide bonds. The number of hydrogen-bond acceptors (Lipinski definition) is 2. The van der Waals surface area contributed by atoms with Crippen LogP contribution in [0.1, 0.15) is 62.6 Å². The third-order valence-electron chi connectivity index (χ3n) is 5.16. The van der Waals surface area contributed by atoms with Crippen LogP contribution < -0.4 is 5.32 Å². The van der Waals surface area contributed by atoms with Gasteiger partial charge in [-0.15, -0.1) is 0 Å². The predicted octanol–water partition coefficient (Wildman–Crippen LogP) is 4.14. The standard InChI is InChI=1S/C18H27NO/c1-14-7-3-4-8-17(14)15(2)19-13-16-9-12-18(20-16)10-5-6-11-18/h3-4,7-8,15-16,19H,5-6,9-13H2,1-2H3/t15-,16?/m0/s1. The second kappa shape index (κ2) is 5.87. The van der Waals surface area contributed by atoms with Crippen LogP contribution in [0.5, 0.6) is 0 Å². The molecule has 1 N–H and O–H groups in total. The van der Waals surface area contributed by atoms with Crippen LogP contribution in [-0.2, 0) is 4.74 Å². The third kappa shape index (κ3) is 2.91. The summed E-state index contributed by atoms with van der Waals surface area (Å²) < 4.78 is 6.36. The Bertz CT molecular complexity index is 450. The van der Waals surface area contributed by atoms with Crippen molar-refractivity contribution < 1.29 is 4.74 Å². The van der Waals surface area contributed by atoms with Crippen LogP contribution in [0.2, 0.25) is 0 Å². The summed E-state index contributed by atoms with van der Waals surface area (Å²) in [6.07, 6.45) is 8.22. The fourth-order valence-electron chi connectivity index (χ4n) is 3.92. The lowest BCUT2D eigenvalue weighted by molar-refractivity contribution is -0.0357. The number of nitrogens with one attached hydrogen (secondary N) is 1. The molecule has 2 nitrogen and oxygen atoms in total. The second-order valence-corrected chi connectivity index (χ2v) is 6.66. The van der Waals surface area contributed by atoms with Crippen molar-refractivity contribution in [1.82, 2.24) is 5.32 Å². The molecular weight excluding hydrogens is 246 g/mol. The van der Waals surface area contributed by atoms with E-state index in [0.717, 1.165) is 6.54 Å². The van der Waals surface area contributed by atoms with Gasteiger partial charge in [0, 0.05) is 12.6 Å². The van der Waals surface area contributed by atoms with Gasteiger partial charge < -0.3 is 10.1 Å². The SMILES string of the molecule is Cc1ccccc1[C@H](C)NCC1CCC2(CCCC2)O1. The van der Waals surface area contributed by atoms with Gasteiger partial charge in [-0.2, -0.15) is 0 Å². The van der Waals surface area contributed by atoms with E-state index in [1.165, 1.54) is 49.7 Å². The van der Waals surface area contributed by atoms with Crippen LogP contribution in [-0.4, -0.2) is 18.2 Å².